The summed E-state index contributed by atoms with van der Waals surface area (Å²) >= 11 is 6.08. The van der Waals surface area contributed by atoms with Crippen molar-refractivity contribution in [1.82, 2.24) is 9.97 Å². The van der Waals surface area contributed by atoms with Gasteiger partial charge in [0.15, 0.2) is 5.82 Å². The van der Waals surface area contributed by atoms with E-state index in [9.17, 15) is 0 Å². The van der Waals surface area contributed by atoms with Gasteiger partial charge in [0, 0.05) is 12.6 Å². The number of nitrogens with one attached hydrogen (secondary N) is 2. The lowest BCUT2D eigenvalue weighted by Crippen LogP contribution is -2.31. The second-order valence-corrected chi connectivity index (χ2v) is 4.94. The molecule has 1 aliphatic rings. The molecule has 5 heteroatoms. The summed E-state index contributed by atoms with van der Waals surface area (Å²) < 4.78 is 0. The first-order valence-electron chi connectivity index (χ1n) is 5.61. The van der Waals surface area contributed by atoms with Crippen LogP contribution in [0, 0.1) is 0 Å². The van der Waals surface area contributed by atoms with Gasteiger partial charge in [-0.2, -0.15) is 4.98 Å². The van der Waals surface area contributed by atoms with E-state index in [0.717, 1.165) is 5.82 Å². The van der Waals surface area contributed by atoms with E-state index in [1.807, 2.05) is 0 Å². The van der Waals surface area contributed by atoms with Crippen molar-refractivity contribution in [2.45, 2.75) is 38.1 Å². The lowest BCUT2D eigenvalue weighted by molar-refractivity contribution is 0.531. The second kappa shape index (κ2) is 4.45. The quantitative estimate of drug-likeness (QED) is 0.853. The van der Waals surface area contributed by atoms with Crippen LogP contribution in [0.1, 0.15) is 32.6 Å². The van der Waals surface area contributed by atoms with Crippen LogP contribution in [0.4, 0.5) is 11.8 Å². The highest BCUT2D eigenvalue weighted by Crippen LogP contribution is 2.34. The van der Waals surface area contributed by atoms with Gasteiger partial charge in [-0.1, -0.05) is 24.4 Å². The van der Waals surface area contributed by atoms with Gasteiger partial charge in [0.25, 0.3) is 0 Å². The molecule has 1 fully saturated rings. The molecule has 0 spiro atoms. The smallest absolute Gasteiger partial charge is 0.224 e. The van der Waals surface area contributed by atoms with E-state index in [1.54, 1.807) is 13.2 Å². The van der Waals surface area contributed by atoms with E-state index in [1.165, 1.54) is 25.7 Å². The Hall–Kier alpha value is -1.03. The highest BCUT2D eigenvalue weighted by molar-refractivity contribution is 6.32. The van der Waals surface area contributed by atoms with Crippen LogP contribution < -0.4 is 10.6 Å². The van der Waals surface area contributed by atoms with E-state index in [2.05, 4.69) is 27.5 Å². The fourth-order valence-corrected chi connectivity index (χ4v) is 2.28. The van der Waals surface area contributed by atoms with E-state index < -0.39 is 0 Å². The summed E-state index contributed by atoms with van der Waals surface area (Å²) in [6.45, 7) is 2.22. The van der Waals surface area contributed by atoms with Crippen LogP contribution in [0.5, 0.6) is 0 Å². The maximum absolute atomic E-state index is 6.08. The van der Waals surface area contributed by atoms with Gasteiger partial charge in [-0.25, -0.2) is 4.98 Å². The zero-order chi connectivity index (χ0) is 11.6. The molecule has 88 valence electrons. The molecule has 0 aliphatic heterocycles. The van der Waals surface area contributed by atoms with Crippen LogP contribution in [0.2, 0.25) is 5.02 Å². The molecule has 1 saturated carbocycles. The number of aromatic nitrogens is 2. The fourth-order valence-electron chi connectivity index (χ4n) is 2.14. The summed E-state index contributed by atoms with van der Waals surface area (Å²) in [5.74, 6) is 1.32. The Morgan fingerprint density at radius 1 is 1.38 bits per heavy atom. The van der Waals surface area contributed by atoms with Gasteiger partial charge < -0.3 is 10.6 Å². The zero-order valence-electron chi connectivity index (χ0n) is 9.68. The summed E-state index contributed by atoms with van der Waals surface area (Å²) in [5.41, 5.74) is 0.128. The summed E-state index contributed by atoms with van der Waals surface area (Å²) in [6.07, 6.45) is 6.50. The van der Waals surface area contributed by atoms with Crippen LogP contribution in [-0.4, -0.2) is 22.6 Å². The first-order valence-corrected chi connectivity index (χ1v) is 5.99. The molecule has 16 heavy (non-hydrogen) atoms. The third-order valence-corrected chi connectivity index (χ3v) is 3.37. The average molecular weight is 241 g/mol. The number of halogens is 1. The number of anilines is 2. The lowest BCUT2D eigenvalue weighted by atomic mass is 10.0. The third kappa shape index (κ3) is 2.38. The molecule has 2 rings (SSSR count). The third-order valence-electron chi connectivity index (χ3n) is 3.09. The van der Waals surface area contributed by atoms with Gasteiger partial charge in [-0.15, -0.1) is 0 Å². The highest BCUT2D eigenvalue weighted by Gasteiger charge is 2.29. The zero-order valence-corrected chi connectivity index (χ0v) is 10.4. The van der Waals surface area contributed by atoms with Crippen LogP contribution in [0.25, 0.3) is 0 Å². The summed E-state index contributed by atoms with van der Waals surface area (Å²) in [5, 5.41) is 6.92. The second-order valence-electron chi connectivity index (χ2n) is 4.53. The SMILES string of the molecule is CNc1ncc(Cl)c(NC2(C)CCCC2)n1. The number of hydrogen-bond acceptors (Lipinski definition) is 4. The van der Waals surface area contributed by atoms with E-state index in [0.29, 0.717) is 11.0 Å². The average Bonchev–Trinajstić information content (AvgIpc) is 2.68. The minimum Gasteiger partial charge on any atom is -0.364 e. The lowest BCUT2D eigenvalue weighted by Gasteiger charge is -2.26. The fraction of sp³-hybridized carbons (Fsp3) is 0.636. The Kier molecular flexibility index (Phi) is 3.19. The molecule has 1 aromatic heterocycles. The van der Waals surface area contributed by atoms with Crippen molar-refractivity contribution in [3.05, 3.63) is 11.2 Å². The molecule has 0 saturated heterocycles. The maximum Gasteiger partial charge on any atom is 0.224 e. The van der Waals surface area contributed by atoms with E-state index >= 15 is 0 Å². The maximum atomic E-state index is 6.08. The minimum absolute atomic E-state index is 0.128. The van der Waals surface area contributed by atoms with Gasteiger partial charge in [-0.3, -0.25) is 0 Å². The van der Waals surface area contributed by atoms with Gasteiger partial charge >= 0.3 is 0 Å². The molecule has 1 heterocycles. The molecule has 1 aliphatic carbocycles. The van der Waals surface area contributed by atoms with Crippen LogP contribution in [-0.2, 0) is 0 Å². The first-order chi connectivity index (χ1) is 7.63. The molecule has 0 radical (unpaired) electrons. The summed E-state index contributed by atoms with van der Waals surface area (Å²) in [6, 6.07) is 0. The number of hydrogen-bond donors (Lipinski definition) is 2. The monoisotopic (exact) mass is 240 g/mol. The number of nitrogens with zero attached hydrogens (tertiary/aromatic N) is 2. The Labute approximate surface area is 101 Å². The van der Waals surface area contributed by atoms with Gasteiger partial charge in [0.2, 0.25) is 5.95 Å². The van der Waals surface area contributed by atoms with Crippen molar-refractivity contribution in [3.63, 3.8) is 0 Å². The molecule has 1 aromatic rings. The van der Waals surface area contributed by atoms with Crippen LogP contribution in [0.15, 0.2) is 6.20 Å². The van der Waals surface area contributed by atoms with Gasteiger partial charge in [-0.05, 0) is 19.8 Å². The van der Waals surface area contributed by atoms with E-state index in [4.69, 9.17) is 11.6 Å². The van der Waals surface area contributed by atoms with Crippen molar-refractivity contribution < 1.29 is 0 Å². The Morgan fingerprint density at radius 2 is 2.06 bits per heavy atom. The molecule has 0 atom stereocenters. The predicted octanol–water partition coefficient (Wildman–Crippen LogP) is 2.92. The molecule has 4 nitrogen and oxygen atoms in total. The van der Waals surface area contributed by atoms with Crippen molar-refractivity contribution in [2.24, 2.45) is 0 Å². The molecule has 2 N–H and O–H groups in total. The normalized spacial score (nSPS) is 18.4. The minimum atomic E-state index is 0.128. The highest BCUT2D eigenvalue weighted by atomic mass is 35.5. The topological polar surface area (TPSA) is 49.8 Å². The Balaban J connectivity index is 2.19. The summed E-state index contributed by atoms with van der Waals surface area (Å²) in [7, 11) is 1.80. The van der Waals surface area contributed by atoms with Gasteiger partial charge in [0.05, 0.1) is 6.20 Å². The standard InChI is InChI=1S/C11H17ClN4/c1-11(5-3-4-6-11)16-9-8(12)7-14-10(13-2)15-9/h7H,3-6H2,1-2H3,(H2,13,14,15,16). The Morgan fingerprint density at radius 3 is 2.69 bits per heavy atom. The van der Waals surface area contributed by atoms with E-state index in [-0.39, 0.29) is 5.54 Å². The van der Waals surface area contributed by atoms with Crippen molar-refractivity contribution in [3.8, 4) is 0 Å². The molecular formula is C11H17ClN4. The molecule has 0 amide bonds. The Bertz CT molecular complexity index is 374. The van der Waals surface area contributed by atoms with Crippen LogP contribution >= 0.6 is 11.6 Å². The van der Waals surface area contributed by atoms with Crippen molar-refractivity contribution in [1.29, 1.82) is 0 Å². The van der Waals surface area contributed by atoms with Crippen molar-refractivity contribution in [2.75, 3.05) is 17.7 Å². The molecule has 0 aromatic carbocycles. The van der Waals surface area contributed by atoms with Crippen LogP contribution in [0.3, 0.4) is 0 Å². The first kappa shape index (κ1) is 11.5. The van der Waals surface area contributed by atoms with Gasteiger partial charge in [0.1, 0.15) is 5.02 Å². The van der Waals surface area contributed by atoms with Crippen molar-refractivity contribution >= 4 is 23.4 Å². The molecular weight excluding hydrogens is 224 g/mol. The molecule has 0 bridgehead atoms. The molecule has 0 unspecified atom stereocenters. The largest absolute Gasteiger partial charge is 0.364 e. The number of rotatable bonds is 3. The predicted molar refractivity (Wildman–Crippen MR) is 67.1 cm³/mol. The summed E-state index contributed by atoms with van der Waals surface area (Å²) in [4.78, 5) is 8.39.